The number of hydrogen-bond donors (Lipinski definition) is 3. The van der Waals surface area contributed by atoms with Crippen molar-refractivity contribution in [1.82, 2.24) is 10.6 Å². The standard InChI is InChI=1S/C11H22N2O3S/c14-17(15,16)7-1-5-13-11-8-12-6-4-9-2-3-10(9)11/h9-13H,1-8H2,(H,14,15,16). The maximum atomic E-state index is 10.6. The largest absolute Gasteiger partial charge is 0.315 e. The Balaban J connectivity index is 1.70. The molecule has 3 unspecified atom stereocenters. The van der Waals surface area contributed by atoms with Gasteiger partial charge in [-0.2, -0.15) is 8.42 Å². The zero-order chi connectivity index (χ0) is 12.3. The molecule has 3 N–H and O–H groups in total. The number of rotatable bonds is 5. The Labute approximate surface area is 103 Å². The zero-order valence-electron chi connectivity index (χ0n) is 10.1. The van der Waals surface area contributed by atoms with Gasteiger partial charge in [-0.25, -0.2) is 0 Å². The molecule has 0 aromatic rings. The average Bonchev–Trinajstić information content (AvgIpc) is 2.32. The summed E-state index contributed by atoms with van der Waals surface area (Å²) in [5.41, 5.74) is 0. The van der Waals surface area contributed by atoms with Crippen molar-refractivity contribution >= 4 is 10.1 Å². The molecule has 1 saturated heterocycles. The Morgan fingerprint density at radius 1 is 1.29 bits per heavy atom. The lowest BCUT2D eigenvalue weighted by molar-refractivity contribution is 0.133. The summed E-state index contributed by atoms with van der Waals surface area (Å²) in [6.07, 6.45) is 4.39. The summed E-state index contributed by atoms with van der Waals surface area (Å²) in [5.74, 6) is 1.47. The van der Waals surface area contributed by atoms with Gasteiger partial charge in [0.1, 0.15) is 0 Å². The number of nitrogens with one attached hydrogen (secondary N) is 2. The van der Waals surface area contributed by atoms with E-state index in [1.165, 1.54) is 19.3 Å². The molecule has 2 aliphatic rings. The molecule has 0 amide bonds. The van der Waals surface area contributed by atoms with Gasteiger partial charge < -0.3 is 10.6 Å². The normalized spacial score (nSPS) is 33.6. The van der Waals surface area contributed by atoms with E-state index in [9.17, 15) is 8.42 Å². The summed E-state index contributed by atoms with van der Waals surface area (Å²) in [5, 5.41) is 6.85. The molecule has 1 heterocycles. The number of fused-ring (bicyclic) bond motifs is 1. The topological polar surface area (TPSA) is 78.4 Å². The summed E-state index contributed by atoms with van der Waals surface area (Å²) < 4.78 is 29.8. The Bertz CT molecular complexity index is 345. The van der Waals surface area contributed by atoms with Gasteiger partial charge in [-0.05, 0) is 50.6 Å². The van der Waals surface area contributed by atoms with Crippen LogP contribution in [0, 0.1) is 11.8 Å². The molecule has 0 spiro atoms. The van der Waals surface area contributed by atoms with Crippen LogP contribution >= 0.6 is 0 Å². The van der Waals surface area contributed by atoms with Crippen molar-refractivity contribution < 1.29 is 13.0 Å². The van der Waals surface area contributed by atoms with Crippen LogP contribution in [0.4, 0.5) is 0 Å². The lowest BCUT2D eigenvalue weighted by Gasteiger charge is -2.40. The molecule has 100 valence electrons. The SMILES string of the molecule is O=S(=O)(O)CCCNC1CNCCC2CCC21. The molecule has 1 aliphatic heterocycles. The molecule has 3 atom stereocenters. The third-order valence-electron chi connectivity index (χ3n) is 4.03. The predicted octanol–water partition coefficient (Wildman–Crippen LogP) is 0.242. The molecule has 2 fully saturated rings. The molecule has 0 bridgehead atoms. The van der Waals surface area contributed by atoms with Crippen molar-refractivity contribution in [1.29, 1.82) is 0 Å². The first-order valence-electron chi connectivity index (χ1n) is 6.45. The summed E-state index contributed by atoms with van der Waals surface area (Å²) in [7, 11) is -3.80. The van der Waals surface area contributed by atoms with Crippen LogP contribution in [-0.2, 0) is 10.1 Å². The highest BCUT2D eigenvalue weighted by Gasteiger charge is 2.37. The molecule has 17 heavy (non-hydrogen) atoms. The first-order valence-corrected chi connectivity index (χ1v) is 8.06. The lowest BCUT2D eigenvalue weighted by Crippen LogP contribution is -2.47. The van der Waals surface area contributed by atoms with Crippen LogP contribution in [0.15, 0.2) is 0 Å². The summed E-state index contributed by atoms with van der Waals surface area (Å²) >= 11 is 0. The lowest BCUT2D eigenvalue weighted by atomic mass is 9.69. The highest BCUT2D eigenvalue weighted by molar-refractivity contribution is 7.85. The molecule has 1 saturated carbocycles. The second-order valence-electron chi connectivity index (χ2n) is 5.19. The van der Waals surface area contributed by atoms with Crippen LogP contribution in [0.25, 0.3) is 0 Å². The van der Waals surface area contributed by atoms with Crippen LogP contribution < -0.4 is 10.6 Å². The van der Waals surface area contributed by atoms with E-state index in [-0.39, 0.29) is 5.75 Å². The summed E-state index contributed by atoms with van der Waals surface area (Å²) in [6, 6.07) is 0.470. The molecule has 0 aromatic carbocycles. The van der Waals surface area contributed by atoms with E-state index in [4.69, 9.17) is 4.55 Å². The molecule has 2 rings (SSSR count). The molecule has 0 radical (unpaired) electrons. The van der Waals surface area contributed by atoms with Crippen molar-refractivity contribution in [2.24, 2.45) is 11.8 Å². The van der Waals surface area contributed by atoms with Gasteiger partial charge in [-0.15, -0.1) is 0 Å². The van der Waals surface area contributed by atoms with E-state index in [0.717, 1.165) is 24.9 Å². The first kappa shape index (κ1) is 13.3. The maximum Gasteiger partial charge on any atom is 0.264 e. The predicted molar refractivity (Wildman–Crippen MR) is 66.5 cm³/mol. The smallest absolute Gasteiger partial charge is 0.264 e. The summed E-state index contributed by atoms with van der Waals surface area (Å²) in [4.78, 5) is 0. The van der Waals surface area contributed by atoms with E-state index in [0.29, 0.717) is 19.0 Å². The van der Waals surface area contributed by atoms with Crippen LogP contribution in [0.2, 0.25) is 0 Å². The summed E-state index contributed by atoms with van der Waals surface area (Å²) in [6.45, 7) is 2.74. The minimum Gasteiger partial charge on any atom is -0.315 e. The molecule has 6 heteroatoms. The second kappa shape index (κ2) is 5.65. The van der Waals surface area contributed by atoms with Crippen LogP contribution in [0.5, 0.6) is 0 Å². The van der Waals surface area contributed by atoms with Crippen LogP contribution in [0.1, 0.15) is 25.7 Å². The maximum absolute atomic E-state index is 10.6. The number of hydrogen-bond acceptors (Lipinski definition) is 4. The molecule has 5 nitrogen and oxygen atoms in total. The highest BCUT2D eigenvalue weighted by atomic mass is 32.2. The van der Waals surface area contributed by atoms with Gasteiger partial charge in [-0.3, -0.25) is 4.55 Å². The van der Waals surface area contributed by atoms with Gasteiger partial charge in [0.25, 0.3) is 10.1 Å². The third-order valence-corrected chi connectivity index (χ3v) is 4.84. The van der Waals surface area contributed by atoms with Crippen LogP contribution in [-0.4, -0.2) is 44.4 Å². The van der Waals surface area contributed by atoms with Gasteiger partial charge in [-0.1, -0.05) is 0 Å². The monoisotopic (exact) mass is 262 g/mol. The van der Waals surface area contributed by atoms with Gasteiger partial charge >= 0.3 is 0 Å². The Morgan fingerprint density at radius 3 is 2.76 bits per heavy atom. The zero-order valence-corrected chi connectivity index (χ0v) is 10.9. The van der Waals surface area contributed by atoms with Gasteiger partial charge in [0.15, 0.2) is 0 Å². The second-order valence-corrected chi connectivity index (χ2v) is 6.77. The van der Waals surface area contributed by atoms with E-state index >= 15 is 0 Å². The fourth-order valence-electron chi connectivity index (χ4n) is 2.94. The van der Waals surface area contributed by atoms with Gasteiger partial charge in [0, 0.05) is 12.6 Å². The van der Waals surface area contributed by atoms with E-state index in [1.54, 1.807) is 0 Å². The third kappa shape index (κ3) is 3.91. The van der Waals surface area contributed by atoms with Crippen LogP contribution in [0.3, 0.4) is 0 Å². The van der Waals surface area contributed by atoms with Crippen molar-refractivity contribution in [2.45, 2.75) is 31.7 Å². The Hall–Kier alpha value is -0.170. The fraction of sp³-hybridized carbons (Fsp3) is 1.00. The minimum atomic E-state index is -3.80. The van der Waals surface area contributed by atoms with Gasteiger partial charge in [0.05, 0.1) is 5.75 Å². The van der Waals surface area contributed by atoms with E-state index in [2.05, 4.69) is 10.6 Å². The van der Waals surface area contributed by atoms with E-state index < -0.39 is 10.1 Å². The minimum absolute atomic E-state index is 0.145. The molecular formula is C11H22N2O3S. The quantitative estimate of drug-likeness (QED) is 0.489. The van der Waals surface area contributed by atoms with Crippen molar-refractivity contribution in [3.63, 3.8) is 0 Å². The average molecular weight is 262 g/mol. The molecule has 1 aliphatic carbocycles. The van der Waals surface area contributed by atoms with Gasteiger partial charge in [0.2, 0.25) is 0 Å². The Kier molecular flexibility index (Phi) is 4.41. The molecular weight excluding hydrogens is 240 g/mol. The van der Waals surface area contributed by atoms with Crippen molar-refractivity contribution in [3.05, 3.63) is 0 Å². The first-order chi connectivity index (χ1) is 8.06. The van der Waals surface area contributed by atoms with E-state index in [1.807, 2.05) is 0 Å². The Morgan fingerprint density at radius 2 is 2.12 bits per heavy atom. The van der Waals surface area contributed by atoms with Crippen molar-refractivity contribution in [2.75, 3.05) is 25.4 Å². The molecule has 0 aromatic heterocycles. The highest BCUT2D eigenvalue weighted by Crippen LogP contribution is 2.39. The van der Waals surface area contributed by atoms with Crippen molar-refractivity contribution in [3.8, 4) is 0 Å². The fourth-order valence-corrected chi connectivity index (χ4v) is 3.45.